The lowest BCUT2D eigenvalue weighted by Gasteiger charge is -2.33. The van der Waals surface area contributed by atoms with Gasteiger partial charge in [0.25, 0.3) is 0 Å². The lowest BCUT2D eigenvalue weighted by Crippen LogP contribution is -2.48. The molecule has 1 saturated heterocycles. The van der Waals surface area contributed by atoms with E-state index in [2.05, 4.69) is 24.1 Å². The number of hydrogen-bond acceptors (Lipinski definition) is 3. The van der Waals surface area contributed by atoms with Crippen molar-refractivity contribution in [2.24, 2.45) is 5.73 Å². The maximum atomic E-state index is 5.94. The van der Waals surface area contributed by atoms with Crippen LogP contribution in [0.15, 0.2) is 0 Å². The molecule has 0 radical (unpaired) electrons. The van der Waals surface area contributed by atoms with Gasteiger partial charge in [-0.05, 0) is 19.8 Å². The van der Waals surface area contributed by atoms with Crippen LogP contribution in [0.1, 0.15) is 26.7 Å². The molecule has 0 aromatic rings. The van der Waals surface area contributed by atoms with Crippen molar-refractivity contribution in [1.82, 2.24) is 10.2 Å². The Hall–Kier alpha value is -0.120. The zero-order valence-electron chi connectivity index (χ0n) is 8.92. The van der Waals surface area contributed by atoms with Gasteiger partial charge in [-0.3, -0.25) is 4.90 Å². The van der Waals surface area contributed by atoms with Crippen LogP contribution in [0, 0.1) is 0 Å². The van der Waals surface area contributed by atoms with Crippen molar-refractivity contribution >= 4 is 0 Å². The molecular weight excluding hydrogens is 162 g/mol. The molecule has 3 nitrogen and oxygen atoms in total. The van der Waals surface area contributed by atoms with Crippen LogP contribution in [0.25, 0.3) is 0 Å². The third-order valence-electron chi connectivity index (χ3n) is 2.94. The van der Waals surface area contributed by atoms with Crippen LogP contribution < -0.4 is 11.1 Å². The molecule has 1 aliphatic rings. The topological polar surface area (TPSA) is 41.3 Å². The summed E-state index contributed by atoms with van der Waals surface area (Å²) < 4.78 is 0. The second kappa shape index (κ2) is 5.58. The molecule has 3 heteroatoms. The van der Waals surface area contributed by atoms with Gasteiger partial charge in [0, 0.05) is 38.3 Å². The molecule has 0 amide bonds. The third-order valence-corrected chi connectivity index (χ3v) is 2.94. The van der Waals surface area contributed by atoms with E-state index in [9.17, 15) is 0 Å². The summed E-state index contributed by atoms with van der Waals surface area (Å²) in [6.07, 6.45) is 2.23. The monoisotopic (exact) mass is 185 g/mol. The number of nitrogens with zero attached hydrogens (tertiary/aromatic N) is 1. The predicted octanol–water partition coefficient (Wildman–Crippen LogP) is 0.408. The minimum Gasteiger partial charge on any atom is -0.328 e. The highest BCUT2D eigenvalue weighted by atomic mass is 15.2. The van der Waals surface area contributed by atoms with Crippen molar-refractivity contribution < 1.29 is 0 Å². The molecule has 0 aromatic heterocycles. The van der Waals surface area contributed by atoms with E-state index >= 15 is 0 Å². The molecule has 1 fully saturated rings. The van der Waals surface area contributed by atoms with Gasteiger partial charge in [-0.15, -0.1) is 0 Å². The van der Waals surface area contributed by atoms with Crippen molar-refractivity contribution in [1.29, 1.82) is 0 Å². The quantitative estimate of drug-likeness (QED) is 0.666. The van der Waals surface area contributed by atoms with Crippen LogP contribution >= 0.6 is 0 Å². The summed E-state index contributed by atoms with van der Waals surface area (Å²) in [6.45, 7) is 9.07. The molecule has 1 rings (SSSR count). The zero-order chi connectivity index (χ0) is 9.68. The predicted molar refractivity (Wildman–Crippen MR) is 56.8 cm³/mol. The number of hydrogen-bond donors (Lipinski definition) is 2. The van der Waals surface area contributed by atoms with Gasteiger partial charge in [0.05, 0.1) is 0 Å². The smallest absolute Gasteiger partial charge is 0.0110 e. The summed E-state index contributed by atoms with van der Waals surface area (Å²) in [5.41, 5.74) is 5.94. The van der Waals surface area contributed by atoms with Crippen molar-refractivity contribution in [3.8, 4) is 0 Å². The fourth-order valence-corrected chi connectivity index (χ4v) is 1.88. The highest BCUT2D eigenvalue weighted by Gasteiger charge is 2.17. The second-order valence-corrected chi connectivity index (χ2v) is 4.04. The number of rotatable bonds is 4. The van der Waals surface area contributed by atoms with Gasteiger partial charge in [-0.25, -0.2) is 0 Å². The number of nitrogens with one attached hydrogen (secondary N) is 1. The van der Waals surface area contributed by atoms with E-state index in [1.807, 2.05) is 0 Å². The van der Waals surface area contributed by atoms with Crippen molar-refractivity contribution in [2.75, 3.05) is 26.2 Å². The summed E-state index contributed by atoms with van der Waals surface area (Å²) in [7, 11) is 0. The molecule has 0 saturated carbocycles. The molecule has 2 atom stereocenters. The van der Waals surface area contributed by atoms with Crippen LogP contribution in [0.3, 0.4) is 0 Å². The molecule has 0 aromatic carbocycles. The van der Waals surface area contributed by atoms with Gasteiger partial charge < -0.3 is 11.1 Å². The van der Waals surface area contributed by atoms with Gasteiger partial charge in [0.1, 0.15) is 0 Å². The summed E-state index contributed by atoms with van der Waals surface area (Å²) in [4.78, 5) is 2.53. The summed E-state index contributed by atoms with van der Waals surface area (Å²) in [6, 6.07) is 1.03. The Morgan fingerprint density at radius 1 is 1.38 bits per heavy atom. The molecule has 2 unspecified atom stereocenters. The van der Waals surface area contributed by atoms with E-state index in [-0.39, 0.29) is 0 Å². The standard InChI is InChI=1S/C10H23N3/c1-3-10(11)8-9(2)13-6-4-12-5-7-13/h9-10,12H,3-8,11H2,1-2H3. The van der Waals surface area contributed by atoms with Gasteiger partial charge in [0.2, 0.25) is 0 Å². The minimum absolute atomic E-state index is 0.380. The Balaban J connectivity index is 2.24. The van der Waals surface area contributed by atoms with Crippen LogP contribution in [0.2, 0.25) is 0 Å². The molecule has 0 bridgehead atoms. The first kappa shape index (κ1) is 11.0. The second-order valence-electron chi connectivity index (χ2n) is 4.04. The largest absolute Gasteiger partial charge is 0.328 e. The molecule has 1 heterocycles. The van der Waals surface area contributed by atoms with E-state index < -0.39 is 0 Å². The average Bonchev–Trinajstić information content (AvgIpc) is 2.19. The molecule has 1 aliphatic heterocycles. The average molecular weight is 185 g/mol. The van der Waals surface area contributed by atoms with Crippen LogP contribution in [-0.4, -0.2) is 43.2 Å². The highest BCUT2D eigenvalue weighted by Crippen LogP contribution is 2.08. The Bertz CT molecular complexity index is 132. The van der Waals surface area contributed by atoms with Gasteiger partial charge in [-0.2, -0.15) is 0 Å². The first-order valence-corrected chi connectivity index (χ1v) is 5.44. The molecule has 13 heavy (non-hydrogen) atoms. The molecule has 0 aliphatic carbocycles. The van der Waals surface area contributed by atoms with E-state index in [1.54, 1.807) is 0 Å². The van der Waals surface area contributed by atoms with Crippen LogP contribution in [0.5, 0.6) is 0 Å². The number of piperazine rings is 1. The third kappa shape index (κ3) is 3.63. The molecular formula is C10H23N3. The SMILES string of the molecule is CCC(N)CC(C)N1CCNCC1. The molecule has 0 spiro atoms. The van der Waals surface area contributed by atoms with Gasteiger partial charge in [-0.1, -0.05) is 6.92 Å². The fraction of sp³-hybridized carbons (Fsp3) is 1.00. The van der Waals surface area contributed by atoms with E-state index in [4.69, 9.17) is 5.73 Å². The first-order valence-electron chi connectivity index (χ1n) is 5.44. The Kier molecular flexibility index (Phi) is 4.70. The maximum absolute atomic E-state index is 5.94. The van der Waals surface area contributed by atoms with E-state index in [1.165, 1.54) is 13.1 Å². The fourth-order valence-electron chi connectivity index (χ4n) is 1.88. The lowest BCUT2D eigenvalue weighted by atomic mass is 10.1. The number of nitrogens with two attached hydrogens (primary N) is 1. The first-order chi connectivity index (χ1) is 6.24. The minimum atomic E-state index is 0.380. The molecule has 78 valence electrons. The lowest BCUT2D eigenvalue weighted by molar-refractivity contribution is 0.169. The van der Waals surface area contributed by atoms with Crippen molar-refractivity contribution in [3.05, 3.63) is 0 Å². The van der Waals surface area contributed by atoms with Crippen LogP contribution in [0.4, 0.5) is 0 Å². The highest BCUT2D eigenvalue weighted by molar-refractivity contribution is 4.76. The summed E-state index contributed by atoms with van der Waals surface area (Å²) in [5.74, 6) is 0. The van der Waals surface area contributed by atoms with Crippen molar-refractivity contribution in [3.63, 3.8) is 0 Å². The Morgan fingerprint density at radius 3 is 2.54 bits per heavy atom. The maximum Gasteiger partial charge on any atom is 0.0110 e. The zero-order valence-corrected chi connectivity index (χ0v) is 8.92. The van der Waals surface area contributed by atoms with Crippen LogP contribution in [-0.2, 0) is 0 Å². The Morgan fingerprint density at radius 2 is 2.00 bits per heavy atom. The summed E-state index contributed by atoms with van der Waals surface area (Å²) in [5, 5.41) is 3.36. The Labute approximate surface area is 81.7 Å². The van der Waals surface area contributed by atoms with Gasteiger partial charge in [0.15, 0.2) is 0 Å². The molecule has 3 N–H and O–H groups in total. The van der Waals surface area contributed by atoms with Crippen molar-refractivity contribution in [2.45, 2.75) is 38.8 Å². The van der Waals surface area contributed by atoms with E-state index in [0.717, 1.165) is 25.9 Å². The summed E-state index contributed by atoms with van der Waals surface area (Å²) >= 11 is 0. The van der Waals surface area contributed by atoms with Gasteiger partial charge >= 0.3 is 0 Å². The normalized spacial score (nSPS) is 24.2. The van der Waals surface area contributed by atoms with E-state index in [0.29, 0.717) is 12.1 Å².